The number of hydrogen-bond donors (Lipinski definition) is 1. The molecule has 0 amide bonds. The van der Waals surface area contributed by atoms with Gasteiger partial charge in [0, 0.05) is 20.6 Å². The summed E-state index contributed by atoms with van der Waals surface area (Å²) in [5.41, 5.74) is 3.61. The summed E-state index contributed by atoms with van der Waals surface area (Å²) in [6.45, 7) is 4.60. The van der Waals surface area contributed by atoms with Crippen molar-refractivity contribution in [3.05, 3.63) is 50.7 Å². The maximum absolute atomic E-state index is 12.6. The number of hydrogen-bond acceptors (Lipinski definition) is 6. The molecule has 3 aromatic rings. The van der Waals surface area contributed by atoms with Crippen LogP contribution in [0.25, 0.3) is 11.2 Å². The standard InChI is InChI=1S/C18H22N6O3/c1-5-24-16(25)14-15(23(4)18(24)26)20-17(22(14)3)21-19-11-12-7-9-13(10-8-12)27-6-2/h7-11H,5-6H2,1-4H3,(H,20,21)/b19-11-. The number of imidazole rings is 1. The molecule has 2 aromatic heterocycles. The molecule has 0 radical (unpaired) electrons. The molecule has 0 bridgehead atoms. The van der Waals surface area contributed by atoms with Crippen LogP contribution in [0.2, 0.25) is 0 Å². The Morgan fingerprint density at radius 3 is 2.48 bits per heavy atom. The van der Waals surface area contributed by atoms with Crippen molar-refractivity contribution in [1.82, 2.24) is 18.7 Å². The third kappa shape index (κ3) is 3.35. The molecular formula is C18H22N6O3. The van der Waals surface area contributed by atoms with E-state index in [1.807, 2.05) is 31.2 Å². The summed E-state index contributed by atoms with van der Waals surface area (Å²) in [6, 6.07) is 7.50. The minimum atomic E-state index is -0.391. The SMILES string of the molecule is CCOc1ccc(/C=N\Nc2nc3c(c(=O)n(CC)c(=O)n3C)n2C)cc1. The smallest absolute Gasteiger partial charge is 0.332 e. The molecule has 1 aromatic carbocycles. The van der Waals surface area contributed by atoms with E-state index in [9.17, 15) is 9.59 Å². The molecule has 0 fully saturated rings. The highest BCUT2D eigenvalue weighted by atomic mass is 16.5. The van der Waals surface area contributed by atoms with Gasteiger partial charge in [-0.15, -0.1) is 0 Å². The van der Waals surface area contributed by atoms with Gasteiger partial charge in [-0.05, 0) is 43.7 Å². The van der Waals surface area contributed by atoms with Crippen LogP contribution in [0.1, 0.15) is 19.4 Å². The third-order valence-corrected chi connectivity index (χ3v) is 4.25. The molecule has 2 heterocycles. The summed E-state index contributed by atoms with van der Waals surface area (Å²) in [6.07, 6.45) is 1.64. The van der Waals surface area contributed by atoms with E-state index in [1.165, 1.54) is 9.13 Å². The zero-order valence-electron chi connectivity index (χ0n) is 15.8. The van der Waals surface area contributed by atoms with Gasteiger partial charge in [0.05, 0.1) is 12.8 Å². The lowest BCUT2D eigenvalue weighted by Gasteiger charge is -2.05. The van der Waals surface area contributed by atoms with Crippen molar-refractivity contribution in [2.24, 2.45) is 19.2 Å². The summed E-state index contributed by atoms with van der Waals surface area (Å²) >= 11 is 0. The number of nitrogens with zero attached hydrogens (tertiary/aromatic N) is 5. The fourth-order valence-electron chi connectivity index (χ4n) is 2.80. The van der Waals surface area contributed by atoms with Crippen molar-refractivity contribution in [3.63, 3.8) is 0 Å². The van der Waals surface area contributed by atoms with Crippen LogP contribution >= 0.6 is 0 Å². The first-order valence-electron chi connectivity index (χ1n) is 8.66. The summed E-state index contributed by atoms with van der Waals surface area (Å²) in [4.78, 5) is 29.1. The van der Waals surface area contributed by atoms with E-state index in [-0.39, 0.29) is 5.56 Å². The van der Waals surface area contributed by atoms with Crippen molar-refractivity contribution in [1.29, 1.82) is 0 Å². The number of hydrazone groups is 1. The van der Waals surface area contributed by atoms with Crippen LogP contribution in [-0.2, 0) is 20.6 Å². The lowest BCUT2D eigenvalue weighted by molar-refractivity contribution is 0.340. The van der Waals surface area contributed by atoms with Crippen LogP contribution in [0.4, 0.5) is 5.95 Å². The van der Waals surface area contributed by atoms with Gasteiger partial charge in [-0.2, -0.15) is 10.1 Å². The normalized spacial score (nSPS) is 11.4. The highest BCUT2D eigenvalue weighted by molar-refractivity contribution is 5.80. The van der Waals surface area contributed by atoms with Gasteiger partial charge in [0.15, 0.2) is 11.2 Å². The Bertz CT molecular complexity index is 1110. The molecule has 9 nitrogen and oxygen atoms in total. The Morgan fingerprint density at radius 2 is 1.85 bits per heavy atom. The van der Waals surface area contributed by atoms with Gasteiger partial charge in [-0.3, -0.25) is 13.9 Å². The zero-order chi connectivity index (χ0) is 19.6. The van der Waals surface area contributed by atoms with Gasteiger partial charge in [0.1, 0.15) is 5.75 Å². The second-order valence-electron chi connectivity index (χ2n) is 5.93. The fraction of sp³-hybridized carbons (Fsp3) is 0.333. The predicted molar refractivity (Wildman–Crippen MR) is 105 cm³/mol. The highest BCUT2D eigenvalue weighted by Crippen LogP contribution is 2.14. The van der Waals surface area contributed by atoms with Crippen LogP contribution in [0.5, 0.6) is 5.75 Å². The summed E-state index contributed by atoms with van der Waals surface area (Å²) in [5, 5.41) is 4.17. The third-order valence-electron chi connectivity index (χ3n) is 4.25. The molecule has 0 aliphatic rings. The molecule has 0 spiro atoms. The molecule has 27 heavy (non-hydrogen) atoms. The zero-order valence-corrected chi connectivity index (χ0v) is 15.8. The molecule has 0 saturated carbocycles. The molecule has 0 aliphatic heterocycles. The maximum Gasteiger partial charge on any atom is 0.332 e. The van der Waals surface area contributed by atoms with Gasteiger partial charge in [-0.1, -0.05) is 0 Å². The second kappa shape index (κ2) is 7.48. The Balaban J connectivity index is 1.90. The van der Waals surface area contributed by atoms with Crippen molar-refractivity contribution in [2.75, 3.05) is 12.0 Å². The molecule has 0 unspecified atom stereocenters. The molecule has 1 N–H and O–H groups in total. The van der Waals surface area contributed by atoms with Crippen molar-refractivity contribution < 1.29 is 4.74 Å². The van der Waals surface area contributed by atoms with E-state index in [0.717, 1.165) is 11.3 Å². The van der Waals surface area contributed by atoms with Crippen LogP contribution in [-0.4, -0.2) is 31.5 Å². The Labute approximate surface area is 155 Å². The maximum atomic E-state index is 12.6. The minimum Gasteiger partial charge on any atom is -0.494 e. The van der Waals surface area contributed by atoms with E-state index < -0.39 is 5.69 Å². The Morgan fingerprint density at radius 1 is 1.15 bits per heavy atom. The summed E-state index contributed by atoms with van der Waals surface area (Å²) in [5.74, 6) is 1.17. The lowest BCUT2D eigenvalue weighted by atomic mass is 10.2. The number of rotatable bonds is 6. The Kier molecular flexibility index (Phi) is 5.11. The molecule has 3 rings (SSSR count). The first kappa shape index (κ1) is 18.4. The van der Waals surface area contributed by atoms with Gasteiger partial charge >= 0.3 is 5.69 Å². The summed E-state index contributed by atoms with van der Waals surface area (Å²) in [7, 11) is 3.30. The molecule has 9 heteroatoms. The first-order chi connectivity index (χ1) is 13.0. The fourth-order valence-corrected chi connectivity index (χ4v) is 2.80. The Hall–Kier alpha value is -3.36. The number of fused-ring (bicyclic) bond motifs is 1. The van der Waals surface area contributed by atoms with Crippen LogP contribution in [0.15, 0.2) is 39.0 Å². The van der Waals surface area contributed by atoms with E-state index in [0.29, 0.717) is 30.3 Å². The van der Waals surface area contributed by atoms with Crippen LogP contribution in [0, 0.1) is 0 Å². The number of anilines is 1. The van der Waals surface area contributed by atoms with Crippen molar-refractivity contribution in [2.45, 2.75) is 20.4 Å². The molecular weight excluding hydrogens is 348 g/mol. The minimum absolute atomic E-state index is 0.297. The van der Waals surface area contributed by atoms with E-state index >= 15 is 0 Å². The second-order valence-corrected chi connectivity index (χ2v) is 5.93. The van der Waals surface area contributed by atoms with E-state index in [1.54, 1.807) is 31.8 Å². The van der Waals surface area contributed by atoms with E-state index in [4.69, 9.17) is 4.74 Å². The lowest BCUT2D eigenvalue weighted by Crippen LogP contribution is -2.39. The van der Waals surface area contributed by atoms with Gasteiger partial charge in [0.2, 0.25) is 5.95 Å². The number of benzene rings is 1. The number of ether oxygens (including phenoxy) is 1. The molecule has 0 aliphatic carbocycles. The number of aromatic nitrogens is 4. The molecule has 0 saturated heterocycles. The van der Waals surface area contributed by atoms with Gasteiger partial charge in [-0.25, -0.2) is 10.2 Å². The highest BCUT2D eigenvalue weighted by Gasteiger charge is 2.17. The summed E-state index contributed by atoms with van der Waals surface area (Å²) < 4.78 is 9.54. The van der Waals surface area contributed by atoms with E-state index in [2.05, 4.69) is 15.5 Å². The van der Waals surface area contributed by atoms with Gasteiger partial charge < -0.3 is 9.30 Å². The topological polar surface area (TPSA) is 95.4 Å². The number of nitrogens with one attached hydrogen (secondary N) is 1. The van der Waals surface area contributed by atoms with Crippen molar-refractivity contribution >= 4 is 23.3 Å². The first-order valence-corrected chi connectivity index (χ1v) is 8.66. The van der Waals surface area contributed by atoms with Crippen LogP contribution in [0.3, 0.4) is 0 Å². The largest absolute Gasteiger partial charge is 0.494 e. The molecule has 0 atom stereocenters. The van der Waals surface area contributed by atoms with Crippen LogP contribution < -0.4 is 21.4 Å². The average Bonchev–Trinajstić information content (AvgIpc) is 2.99. The number of aryl methyl sites for hydroxylation is 2. The van der Waals surface area contributed by atoms with Gasteiger partial charge in [0.25, 0.3) is 5.56 Å². The predicted octanol–water partition coefficient (Wildman–Crippen LogP) is 1.30. The molecule has 142 valence electrons. The quantitative estimate of drug-likeness (QED) is 0.521. The monoisotopic (exact) mass is 370 g/mol. The van der Waals surface area contributed by atoms with Crippen molar-refractivity contribution in [3.8, 4) is 5.75 Å². The average molecular weight is 370 g/mol.